The van der Waals surface area contributed by atoms with E-state index in [9.17, 15) is 4.79 Å². The molecule has 110 valence electrons. The Morgan fingerprint density at radius 2 is 2.10 bits per heavy atom. The third kappa shape index (κ3) is 3.23. The van der Waals surface area contributed by atoms with Crippen molar-refractivity contribution in [2.75, 3.05) is 0 Å². The van der Waals surface area contributed by atoms with Crippen molar-refractivity contribution in [2.45, 2.75) is 57.0 Å². The van der Waals surface area contributed by atoms with Gasteiger partial charge in [0.25, 0.3) is 0 Å². The summed E-state index contributed by atoms with van der Waals surface area (Å²) in [6.45, 7) is 0. The molecule has 2 unspecified atom stereocenters. The van der Waals surface area contributed by atoms with Crippen molar-refractivity contribution in [3.63, 3.8) is 0 Å². The molecule has 1 amide bonds. The number of carbonyl (C=O) groups excluding carboxylic acids is 1. The van der Waals surface area contributed by atoms with E-state index in [1.54, 1.807) is 11.3 Å². The van der Waals surface area contributed by atoms with Crippen molar-refractivity contribution in [1.29, 1.82) is 0 Å². The van der Waals surface area contributed by atoms with Crippen LogP contribution in [-0.4, -0.2) is 18.0 Å². The maximum absolute atomic E-state index is 12.2. The lowest BCUT2D eigenvalue weighted by Gasteiger charge is -2.45. The highest BCUT2D eigenvalue weighted by Crippen LogP contribution is 2.39. The third-order valence-corrected chi connectivity index (χ3v) is 5.66. The van der Waals surface area contributed by atoms with E-state index in [1.165, 1.54) is 24.8 Å². The highest BCUT2D eigenvalue weighted by Gasteiger charge is 2.39. The fourth-order valence-electron chi connectivity index (χ4n) is 3.98. The van der Waals surface area contributed by atoms with Gasteiger partial charge in [-0.1, -0.05) is 6.42 Å². The predicted octanol–water partition coefficient (Wildman–Crippen LogP) is 2.70. The van der Waals surface area contributed by atoms with Gasteiger partial charge in [0.2, 0.25) is 5.91 Å². The zero-order valence-corrected chi connectivity index (χ0v) is 12.7. The number of aryl methyl sites for hydroxylation is 1. The normalized spacial score (nSPS) is 32.9. The van der Waals surface area contributed by atoms with E-state index in [4.69, 9.17) is 5.73 Å². The molecule has 2 saturated carbocycles. The van der Waals surface area contributed by atoms with Gasteiger partial charge in [-0.2, -0.15) is 11.3 Å². The number of thiophene rings is 1. The van der Waals surface area contributed by atoms with Gasteiger partial charge in [0, 0.05) is 18.5 Å². The van der Waals surface area contributed by atoms with Crippen LogP contribution in [0.3, 0.4) is 0 Å². The van der Waals surface area contributed by atoms with E-state index >= 15 is 0 Å². The Morgan fingerprint density at radius 3 is 2.75 bits per heavy atom. The summed E-state index contributed by atoms with van der Waals surface area (Å²) in [5.74, 6) is 1.44. The summed E-state index contributed by atoms with van der Waals surface area (Å²) in [6, 6.07) is 2.84. The molecular formula is C16H24N2OS. The van der Waals surface area contributed by atoms with Crippen LogP contribution in [0.25, 0.3) is 0 Å². The molecule has 1 aromatic heterocycles. The fourth-order valence-corrected chi connectivity index (χ4v) is 4.68. The Bertz CT molecular complexity index is 431. The first-order chi connectivity index (χ1) is 9.72. The summed E-state index contributed by atoms with van der Waals surface area (Å²) in [6.07, 6.45) is 7.43. The second kappa shape index (κ2) is 6.27. The first-order valence-electron chi connectivity index (χ1n) is 7.78. The van der Waals surface area contributed by atoms with Crippen LogP contribution in [0.15, 0.2) is 16.8 Å². The van der Waals surface area contributed by atoms with Crippen LogP contribution >= 0.6 is 11.3 Å². The lowest BCUT2D eigenvalue weighted by Crippen LogP contribution is -2.53. The minimum atomic E-state index is 0.216. The van der Waals surface area contributed by atoms with Gasteiger partial charge in [-0.05, 0) is 66.3 Å². The van der Waals surface area contributed by atoms with Crippen LogP contribution in [0.5, 0.6) is 0 Å². The van der Waals surface area contributed by atoms with Gasteiger partial charge >= 0.3 is 0 Å². The van der Waals surface area contributed by atoms with Crippen LogP contribution in [-0.2, 0) is 11.2 Å². The van der Waals surface area contributed by atoms with E-state index in [-0.39, 0.29) is 5.91 Å². The summed E-state index contributed by atoms with van der Waals surface area (Å²) in [4.78, 5) is 12.2. The molecular weight excluding hydrogens is 268 g/mol. The Balaban J connectivity index is 1.53. The summed E-state index contributed by atoms with van der Waals surface area (Å²) in [5.41, 5.74) is 7.40. The quantitative estimate of drug-likeness (QED) is 0.896. The molecule has 1 aromatic rings. The van der Waals surface area contributed by atoms with Gasteiger partial charge < -0.3 is 11.1 Å². The van der Waals surface area contributed by atoms with Crippen LogP contribution in [0.1, 0.15) is 44.1 Å². The van der Waals surface area contributed by atoms with E-state index < -0.39 is 0 Å². The Labute approximate surface area is 124 Å². The molecule has 0 aliphatic heterocycles. The Kier molecular flexibility index (Phi) is 4.41. The summed E-state index contributed by atoms with van der Waals surface area (Å²) >= 11 is 1.70. The molecule has 0 radical (unpaired) electrons. The summed E-state index contributed by atoms with van der Waals surface area (Å²) in [7, 11) is 0. The number of carbonyl (C=O) groups is 1. The molecule has 2 atom stereocenters. The second-order valence-corrected chi connectivity index (χ2v) is 7.19. The molecule has 2 fully saturated rings. The molecule has 2 aliphatic carbocycles. The van der Waals surface area contributed by atoms with Crippen molar-refractivity contribution in [3.05, 3.63) is 22.4 Å². The molecule has 0 saturated heterocycles. The third-order valence-electron chi connectivity index (χ3n) is 4.93. The highest BCUT2D eigenvalue weighted by atomic mass is 32.1. The topological polar surface area (TPSA) is 55.1 Å². The Hall–Kier alpha value is -0.870. The lowest BCUT2D eigenvalue weighted by molar-refractivity contribution is -0.123. The molecule has 2 bridgehead atoms. The molecule has 3 rings (SSSR count). The number of nitrogens with two attached hydrogens (primary N) is 1. The summed E-state index contributed by atoms with van der Waals surface area (Å²) < 4.78 is 0. The van der Waals surface area contributed by atoms with Crippen LogP contribution < -0.4 is 11.1 Å². The standard InChI is InChI=1S/C16H24N2OS/c17-14-8-12-2-1-3-13(9-14)16(12)18-15(19)5-4-11-6-7-20-10-11/h6-7,10,12-14,16H,1-5,8-9,17H2,(H,18,19). The van der Waals surface area contributed by atoms with Crippen molar-refractivity contribution in [1.82, 2.24) is 5.32 Å². The van der Waals surface area contributed by atoms with Gasteiger partial charge in [-0.15, -0.1) is 0 Å². The largest absolute Gasteiger partial charge is 0.353 e. The summed E-state index contributed by atoms with van der Waals surface area (Å²) in [5, 5.41) is 7.51. The second-order valence-electron chi connectivity index (χ2n) is 6.41. The van der Waals surface area contributed by atoms with Gasteiger partial charge in [0.1, 0.15) is 0 Å². The number of fused-ring (bicyclic) bond motifs is 2. The van der Waals surface area contributed by atoms with Crippen molar-refractivity contribution in [2.24, 2.45) is 17.6 Å². The van der Waals surface area contributed by atoms with Gasteiger partial charge in [0.05, 0.1) is 0 Å². The molecule has 20 heavy (non-hydrogen) atoms. The van der Waals surface area contributed by atoms with Crippen molar-refractivity contribution in [3.8, 4) is 0 Å². The molecule has 0 spiro atoms. The zero-order chi connectivity index (χ0) is 13.9. The first-order valence-corrected chi connectivity index (χ1v) is 8.72. The predicted molar refractivity (Wildman–Crippen MR) is 82.6 cm³/mol. The SMILES string of the molecule is NC1CC2CCCC(C1)C2NC(=O)CCc1ccsc1. The average Bonchev–Trinajstić information content (AvgIpc) is 2.91. The molecule has 3 nitrogen and oxygen atoms in total. The maximum Gasteiger partial charge on any atom is 0.220 e. The number of amides is 1. The molecule has 0 aromatic carbocycles. The lowest BCUT2D eigenvalue weighted by atomic mass is 9.67. The van der Waals surface area contributed by atoms with E-state index in [1.807, 2.05) is 0 Å². The van der Waals surface area contributed by atoms with Crippen molar-refractivity contribution >= 4 is 17.2 Å². The van der Waals surface area contributed by atoms with Crippen LogP contribution in [0.2, 0.25) is 0 Å². The van der Waals surface area contributed by atoms with Gasteiger partial charge in [0.15, 0.2) is 0 Å². The zero-order valence-electron chi connectivity index (χ0n) is 11.9. The first kappa shape index (κ1) is 14.1. The van der Waals surface area contributed by atoms with Crippen LogP contribution in [0.4, 0.5) is 0 Å². The number of nitrogens with one attached hydrogen (secondary N) is 1. The molecule has 1 heterocycles. The van der Waals surface area contributed by atoms with E-state index in [0.29, 0.717) is 30.3 Å². The van der Waals surface area contributed by atoms with Gasteiger partial charge in [-0.3, -0.25) is 4.79 Å². The monoisotopic (exact) mass is 292 g/mol. The smallest absolute Gasteiger partial charge is 0.220 e. The molecule has 4 heteroatoms. The van der Waals surface area contributed by atoms with E-state index in [0.717, 1.165) is 19.3 Å². The average molecular weight is 292 g/mol. The number of hydrogen-bond donors (Lipinski definition) is 2. The highest BCUT2D eigenvalue weighted by molar-refractivity contribution is 7.07. The Morgan fingerprint density at radius 1 is 1.35 bits per heavy atom. The number of rotatable bonds is 4. The van der Waals surface area contributed by atoms with E-state index in [2.05, 4.69) is 22.1 Å². The fraction of sp³-hybridized carbons (Fsp3) is 0.688. The van der Waals surface area contributed by atoms with Crippen LogP contribution in [0, 0.1) is 11.8 Å². The van der Waals surface area contributed by atoms with Gasteiger partial charge in [-0.25, -0.2) is 0 Å². The minimum absolute atomic E-state index is 0.216. The minimum Gasteiger partial charge on any atom is -0.353 e. The molecule has 2 aliphatic rings. The molecule has 3 N–H and O–H groups in total. The number of hydrogen-bond acceptors (Lipinski definition) is 3. The van der Waals surface area contributed by atoms with Crippen molar-refractivity contribution < 1.29 is 4.79 Å². The maximum atomic E-state index is 12.2.